The van der Waals surface area contributed by atoms with Crippen LogP contribution in [0, 0.1) is 6.92 Å². The van der Waals surface area contributed by atoms with Gasteiger partial charge >= 0.3 is 5.97 Å². The van der Waals surface area contributed by atoms with Gasteiger partial charge in [0.2, 0.25) is 5.76 Å². The molecule has 0 saturated carbocycles. The lowest BCUT2D eigenvalue weighted by molar-refractivity contribution is 0.0663. The molecule has 2 aromatic rings. The Kier molecular flexibility index (Phi) is 2.52. The van der Waals surface area contributed by atoms with Crippen molar-refractivity contribution in [3.05, 3.63) is 29.8 Å². The molecule has 5 nitrogen and oxygen atoms in total. The number of rotatable bonds is 3. The molecule has 1 N–H and O–H groups in total. The standard InChI is InChI=1S/C11H12N2O3/c1-3-13-6-8(7(2)12-13)9-4-5-10(16-9)11(14)15/h4-6H,3H2,1-2H3,(H,14,15). The van der Waals surface area contributed by atoms with Crippen LogP contribution in [-0.2, 0) is 6.54 Å². The van der Waals surface area contributed by atoms with Crippen molar-refractivity contribution < 1.29 is 14.3 Å². The minimum absolute atomic E-state index is 0.0568. The van der Waals surface area contributed by atoms with E-state index in [0.29, 0.717) is 5.76 Å². The monoisotopic (exact) mass is 220 g/mol. The second-order valence-corrected chi connectivity index (χ2v) is 3.45. The number of nitrogens with zero attached hydrogens (tertiary/aromatic N) is 2. The van der Waals surface area contributed by atoms with Crippen molar-refractivity contribution in [2.45, 2.75) is 20.4 Å². The third kappa shape index (κ3) is 1.71. The van der Waals surface area contributed by atoms with Crippen LogP contribution in [0.1, 0.15) is 23.2 Å². The second kappa shape index (κ2) is 3.84. The van der Waals surface area contributed by atoms with Gasteiger partial charge in [-0.3, -0.25) is 4.68 Å². The summed E-state index contributed by atoms with van der Waals surface area (Å²) in [5.74, 6) is -0.583. The summed E-state index contributed by atoms with van der Waals surface area (Å²) in [6.07, 6.45) is 1.85. The molecule has 5 heteroatoms. The highest BCUT2D eigenvalue weighted by atomic mass is 16.4. The number of furan rings is 1. The summed E-state index contributed by atoms with van der Waals surface area (Å²) >= 11 is 0. The van der Waals surface area contributed by atoms with Gasteiger partial charge in [0.05, 0.1) is 11.3 Å². The number of aromatic nitrogens is 2. The Bertz CT molecular complexity index is 525. The van der Waals surface area contributed by atoms with E-state index in [1.807, 2.05) is 20.0 Å². The molecule has 2 rings (SSSR count). The Hall–Kier alpha value is -2.04. The molecule has 0 aromatic carbocycles. The Morgan fingerprint density at radius 3 is 2.81 bits per heavy atom. The zero-order valence-corrected chi connectivity index (χ0v) is 9.10. The summed E-state index contributed by atoms with van der Waals surface area (Å²) in [5, 5.41) is 13.0. The lowest BCUT2D eigenvalue weighted by Crippen LogP contribution is -1.93. The normalized spacial score (nSPS) is 10.6. The predicted molar refractivity (Wildman–Crippen MR) is 57.3 cm³/mol. The van der Waals surface area contributed by atoms with E-state index in [1.54, 1.807) is 10.7 Å². The smallest absolute Gasteiger partial charge is 0.371 e. The van der Waals surface area contributed by atoms with E-state index in [2.05, 4.69) is 5.10 Å². The highest BCUT2D eigenvalue weighted by molar-refractivity contribution is 5.85. The summed E-state index contributed by atoms with van der Waals surface area (Å²) in [7, 11) is 0. The Balaban J connectivity index is 2.41. The number of carboxylic acid groups (broad SMARTS) is 1. The van der Waals surface area contributed by atoms with Gasteiger partial charge in [-0.15, -0.1) is 0 Å². The second-order valence-electron chi connectivity index (χ2n) is 3.45. The van der Waals surface area contributed by atoms with Gasteiger partial charge in [0.1, 0.15) is 5.76 Å². The van der Waals surface area contributed by atoms with Crippen LogP contribution >= 0.6 is 0 Å². The minimum Gasteiger partial charge on any atom is -0.475 e. The quantitative estimate of drug-likeness (QED) is 0.860. The van der Waals surface area contributed by atoms with E-state index < -0.39 is 5.97 Å². The van der Waals surface area contributed by atoms with E-state index in [4.69, 9.17) is 9.52 Å². The Morgan fingerprint density at radius 2 is 2.31 bits per heavy atom. The van der Waals surface area contributed by atoms with Crippen molar-refractivity contribution in [1.29, 1.82) is 0 Å². The molecular weight excluding hydrogens is 208 g/mol. The maximum atomic E-state index is 10.7. The number of carboxylic acids is 1. The average Bonchev–Trinajstić information content (AvgIpc) is 2.83. The van der Waals surface area contributed by atoms with Gasteiger partial charge in [-0.25, -0.2) is 4.79 Å². The van der Waals surface area contributed by atoms with Crippen LogP contribution in [0.5, 0.6) is 0 Å². The number of carbonyl (C=O) groups is 1. The van der Waals surface area contributed by atoms with Crippen molar-refractivity contribution in [1.82, 2.24) is 9.78 Å². The van der Waals surface area contributed by atoms with Gasteiger partial charge in [0, 0.05) is 12.7 Å². The summed E-state index contributed by atoms with van der Waals surface area (Å²) in [6.45, 7) is 4.62. The van der Waals surface area contributed by atoms with Crippen molar-refractivity contribution in [2.24, 2.45) is 0 Å². The van der Waals surface area contributed by atoms with Crippen LogP contribution in [0.15, 0.2) is 22.7 Å². The first-order chi connectivity index (χ1) is 7.61. The SMILES string of the molecule is CCn1cc(-c2ccc(C(=O)O)o2)c(C)n1. The fraction of sp³-hybridized carbons (Fsp3) is 0.273. The maximum absolute atomic E-state index is 10.7. The number of aromatic carboxylic acids is 1. The predicted octanol–water partition coefficient (Wildman–Crippen LogP) is 2.17. The van der Waals surface area contributed by atoms with Crippen LogP contribution in [0.3, 0.4) is 0 Å². The maximum Gasteiger partial charge on any atom is 0.371 e. The molecule has 0 aliphatic rings. The van der Waals surface area contributed by atoms with Gasteiger partial charge in [0.25, 0.3) is 0 Å². The number of hydrogen-bond acceptors (Lipinski definition) is 3. The van der Waals surface area contributed by atoms with Crippen LogP contribution in [0.2, 0.25) is 0 Å². The molecule has 0 aliphatic carbocycles. The molecule has 16 heavy (non-hydrogen) atoms. The van der Waals surface area contributed by atoms with Gasteiger partial charge in [-0.05, 0) is 26.0 Å². The molecule has 0 fully saturated rings. The molecule has 0 saturated heterocycles. The van der Waals surface area contributed by atoms with Crippen molar-refractivity contribution in [3.8, 4) is 11.3 Å². The molecule has 0 amide bonds. The van der Waals surface area contributed by atoms with Crippen LogP contribution < -0.4 is 0 Å². The first kappa shape index (κ1) is 10.5. The summed E-state index contributed by atoms with van der Waals surface area (Å²) < 4.78 is 7.00. The zero-order chi connectivity index (χ0) is 11.7. The van der Waals surface area contributed by atoms with E-state index >= 15 is 0 Å². The van der Waals surface area contributed by atoms with Crippen molar-refractivity contribution >= 4 is 5.97 Å². The average molecular weight is 220 g/mol. The molecule has 0 unspecified atom stereocenters. The summed E-state index contributed by atoms with van der Waals surface area (Å²) in [4.78, 5) is 10.7. The molecule has 0 aliphatic heterocycles. The fourth-order valence-corrected chi connectivity index (χ4v) is 1.52. The topological polar surface area (TPSA) is 68.3 Å². The number of aryl methyl sites for hydroxylation is 2. The Morgan fingerprint density at radius 1 is 1.56 bits per heavy atom. The lowest BCUT2D eigenvalue weighted by Gasteiger charge is -1.92. The summed E-state index contributed by atoms with van der Waals surface area (Å²) in [5.41, 5.74) is 1.66. The van der Waals surface area contributed by atoms with Crippen LogP contribution in [0.4, 0.5) is 0 Å². The molecule has 0 radical (unpaired) electrons. The lowest BCUT2D eigenvalue weighted by atomic mass is 10.2. The largest absolute Gasteiger partial charge is 0.475 e. The molecule has 2 heterocycles. The van der Waals surface area contributed by atoms with E-state index in [9.17, 15) is 4.79 Å². The van der Waals surface area contributed by atoms with E-state index in [-0.39, 0.29) is 5.76 Å². The van der Waals surface area contributed by atoms with E-state index in [1.165, 1.54) is 6.07 Å². The number of hydrogen-bond donors (Lipinski definition) is 1. The first-order valence-electron chi connectivity index (χ1n) is 4.99. The third-order valence-electron chi connectivity index (χ3n) is 2.35. The van der Waals surface area contributed by atoms with Crippen LogP contribution in [0.25, 0.3) is 11.3 Å². The fourth-order valence-electron chi connectivity index (χ4n) is 1.52. The molecular formula is C11H12N2O3. The molecule has 84 valence electrons. The molecule has 0 spiro atoms. The summed E-state index contributed by atoms with van der Waals surface area (Å²) in [6, 6.07) is 3.09. The Labute approximate surface area is 92.3 Å². The highest BCUT2D eigenvalue weighted by Crippen LogP contribution is 2.24. The third-order valence-corrected chi connectivity index (χ3v) is 2.35. The molecule has 0 atom stereocenters. The molecule has 2 aromatic heterocycles. The van der Waals surface area contributed by atoms with Crippen molar-refractivity contribution in [2.75, 3.05) is 0 Å². The van der Waals surface area contributed by atoms with Gasteiger partial charge in [-0.2, -0.15) is 5.10 Å². The van der Waals surface area contributed by atoms with Crippen LogP contribution in [-0.4, -0.2) is 20.9 Å². The van der Waals surface area contributed by atoms with E-state index in [0.717, 1.165) is 17.8 Å². The van der Waals surface area contributed by atoms with Crippen molar-refractivity contribution in [3.63, 3.8) is 0 Å². The first-order valence-corrected chi connectivity index (χ1v) is 4.99. The highest BCUT2D eigenvalue weighted by Gasteiger charge is 2.14. The van der Waals surface area contributed by atoms with Gasteiger partial charge in [-0.1, -0.05) is 0 Å². The zero-order valence-electron chi connectivity index (χ0n) is 9.10. The van der Waals surface area contributed by atoms with Gasteiger partial charge in [0.15, 0.2) is 0 Å². The molecule has 0 bridgehead atoms. The minimum atomic E-state index is -1.06. The van der Waals surface area contributed by atoms with Gasteiger partial charge < -0.3 is 9.52 Å².